The van der Waals surface area contributed by atoms with E-state index in [2.05, 4.69) is 24.1 Å². The zero-order valence-electron chi connectivity index (χ0n) is 11.2. The van der Waals surface area contributed by atoms with Crippen LogP contribution in [-0.4, -0.2) is 42.8 Å². The summed E-state index contributed by atoms with van der Waals surface area (Å²) in [5.74, 6) is 0.925. The first-order chi connectivity index (χ1) is 7.99. The van der Waals surface area contributed by atoms with Gasteiger partial charge in [-0.2, -0.15) is 0 Å². The molecule has 1 aliphatic carbocycles. The van der Waals surface area contributed by atoms with Gasteiger partial charge in [0.25, 0.3) is 0 Å². The van der Waals surface area contributed by atoms with Crippen LogP contribution >= 0.6 is 0 Å². The number of Topliss-reactive ketones (excluding diaryl/α,β-unsaturated/α-hetero) is 1. The molecule has 1 aliphatic rings. The van der Waals surface area contributed by atoms with E-state index >= 15 is 0 Å². The third-order valence-electron chi connectivity index (χ3n) is 3.24. The lowest BCUT2D eigenvalue weighted by Crippen LogP contribution is -2.42. The second-order valence-corrected chi connectivity index (χ2v) is 5.38. The molecule has 1 rings (SSSR count). The Morgan fingerprint density at radius 2 is 2.00 bits per heavy atom. The molecule has 0 unspecified atom stereocenters. The zero-order valence-corrected chi connectivity index (χ0v) is 11.2. The Morgan fingerprint density at radius 1 is 1.41 bits per heavy atom. The fourth-order valence-electron chi connectivity index (χ4n) is 2.09. The van der Waals surface area contributed by atoms with Crippen LogP contribution in [0.25, 0.3) is 0 Å². The van der Waals surface area contributed by atoms with Crippen molar-refractivity contribution >= 4 is 11.7 Å². The van der Waals surface area contributed by atoms with Crippen LogP contribution in [0, 0.1) is 5.92 Å². The minimum atomic E-state index is 0.0816. The lowest BCUT2D eigenvalue weighted by atomic mass is 9.93. The lowest BCUT2D eigenvalue weighted by molar-refractivity contribution is -0.123. The molecule has 1 saturated carbocycles. The SMILES string of the molecule is CC(C)CNC(=O)CN(C)C1CCC(=O)CC1. The van der Waals surface area contributed by atoms with Gasteiger partial charge in [0, 0.05) is 25.4 Å². The molecule has 0 aromatic rings. The molecular formula is C13H24N2O2. The maximum Gasteiger partial charge on any atom is 0.234 e. The maximum absolute atomic E-state index is 11.6. The van der Waals surface area contributed by atoms with E-state index in [0.717, 1.165) is 19.4 Å². The number of hydrogen-bond donors (Lipinski definition) is 1. The molecule has 0 bridgehead atoms. The molecule has 0 radical (unpaired) electrons. The van der Waals surface area contributed by atoms with Crippen LogP contribution < -0.4 is 5.32 Å². The number of hydrogen-bond acceptors (Lipinski definition) is 3. The summed E-state index contributed by atoms with van der Waals surface area (Å²) >= 11 is 0. The van der Waals surface area contributed by atoms with E-state index < -0.39 is 0 Å². The summed E-state index contributed by atoms with van der Waals surface area (Å²) in [7, 11) is 1.97. The van der Waals surface area contributed by atoms with Crippen LogP contribution in [0.15, 0.2) is 0 Å². The summed E-state index contributed by atoms with van der Waals surface area (Å²) in [5, 5.41) is 2.91. The Bertz CT molecular complexity index is 267. The van der Waals surface area contributed by atoms with E-state index in [1.807, 2.05) is 7.05 Å². The first-order valence-corrected chi connectivity index (χ1v) is 6.47. The van der Waals surface area contributed by atoms with Crippen molar-refractivity contribution in [1.29, 1.82) is 0 Å². The van der Waals surface area contributed by atoms with Gasteiger partial charge in [-0.25, -0.2) is 0 Å². The van der Waals surface area contributed by atoms with E-state index in [1.54, 1.807) is 0 Å². The Hall–Kier alpha value is -0.900. The molecule has 0 heterocycles. The summed E-state index contributed by atoms with van der Waals surface area (Å²) in [6.45, 7) is 5.33. The monoisotopic (exact) mass is 240 g/mol. The van der Waals surface area contributed by atoms with Crippen molar-refractivity contribution in [3.63, 3.8) is 0 Å². The first-order valence-electron chi connectivity index (χ1n) is 6.47. The molecule has 4 nitrogen and oxygen atoms in total. The predicted octanol–water partition coefficient (Wildman–Crippen LogP) is 1.20. The molecule has 4 heteroatoms. The molecule has 0 spiro atoms. The molecule has 0 atom stereocenters. The predicted molar refractivity (Wildman–Crippen MR) is 67.7 cm³/mol. The van der Waals surface area contributed by atoms with Crippen LogP contribution in [0.4, 0.5) is 0 Å². The Balaban J connectivity index is 2.26. The number of nitrogens with one attached hydrogen (secondary N) is 1. The number of likely N-dealkylation sites (N-methyl/N-ethyl adjacent to an activating group) is 1. The Morgan fingerprint density at radius 3 is 2.53 bits per heavy atom. The quantitative estimate of drug-likeness (QED) is 0.785. The molecule has 1 amide bonds. The third kappa shape index (κ3) is 5.31. The topological polar surface area (TPSA) is 49.4 Å². The van der Waals surface area contributed by atoms with E-state index in [0.29, 0.717) is 37.1 Å². The smallest absolute Gasteiger partial charge is 0.234 e. The number of amides is 1. The van der Waals surface area contributed by atoms with Crippen molar-refractivity contribution in [1.82, 2.24) is 10.2 Å². The van der Waals surface area contributed by atoms with Crippen LogP contribution in [-0.2, 0) is 9.59 Å². The number of nitrogens with zero attached hydrogens (tertiary/aromatic N) is 1. The minimum Gasteiger partial charge on any atom is -0.355 e. The molecule has 0 saturated heterocycles. The number of carbonyl (C=O) groups excluding carboxylic acids is 2. The summed E-state index contributed by atoms with van der Waals surface area (Å²) < 4.78 is 0. The van der Waals surface area contributed by atoms with Crippen molar-refractivity contribution in [3.05, 3.63) is 0 Å². The summed E-state index contributed by atoms with van der Waals surface area (Å²) in [4.78, 5) is 24.8. The molecular weight excluding hydrogens is 216 g/mol. The van der Waals surface area contributed by atoms with Gasteiger partial charge in [-0.3, -0.25) is 14.5 Å². The summed E-state index contributed by atoms with van der Waals surface area (Å²) in [6.07, 6.45) is 3.13. The van der Waals surface area contributed by atoms with Crippen LogP contribution in [0.3, 0.4) is 0 Å². The van der Waals surface area contributed by atoms with Gasteiger partial charge in [0.05, 0.1) is 6.54 Å². The van der Waals surface area contributed by atoms with Crippen molar-refractivity contribution < 1.29 is 9.59 Å². The molecule has 0 aromatic carbocycles. The molecule has 0 aromatic heterocycles. The van der Waals surface area contributed by atoms with Crippen molar-refractivity contribution in [2.24, 2.45) is 5.92 Å². The van der Waals surface area contributed by atoms with E-state index in [-0.39, 0.29) is 5.91 Å². The van der Waals surface area contributed by atoms with Gasteiger partial charge in [-0.05, 0) is 25.8 Å². The lowest BCUT2D eigenvalue weighted by Gasteiger charge is -2.30. The highest BCUT2D eigenvalue weighted by Crippen LogP contribution is 2.18. The van der Waals surface area contributed by atoms with Gasteiger partial charge in [-0.1, -0.05) is 13.8 Å². The van der Waals surface area contributed by atoms with Gasteiger partial charge in [0.1, 0.15) is 5.78 Å². The zero-order chi connectivity index (χ0) is 12.8. The highest BCUT2D eigenvalue weighted by Gasteiger charge is 2.23. The highest BCUT2D eigenvalue weighted by atomic mass is 16.2. The number of ketones is 1. The van der Waals surface area contributed by atoms with Crippen molar-refractivity contribution in [2.75, 3.05) is 20.1 Å². The third-order valence-corrected chi connectivity index (χ3v) is 3.24. The Kier molecular flexibility index (Phi) is 5.62. The molecule has 1 N–H and O–H groups in total. The van der Waals surface area contributed by atoms with Gasteiger partial charge < -0.3 is 5.32 Å². The van der Waals surface area contributed by atoms with E-state index in [9.17, 15) is 9.59 Å². The van der Waals surface area contributed by atoms with Crippen LogP contribution in [0.1, 0.15) is 39.5 Å². The standard InChI is InChI=1S/C13H24N2O2/c1-10(2)8-14-13(17)9-15(3)11-4-6-12(16)7-5-11/h10-11H,4-9H2,1-3H3,(H,14,17). The molecule has 98 valence electrons. The van der Waals surface area contributed by atoms with Gasteiger partial charge in [0.2, 0.25) is 5.91 Å². The molecule has 17 heavy (non-hydrogen) atoms. The second-order valence-electron chi connectivity index (χ2n) is 5.38. The largest absolute Gasteiger partial charge is 0.355 e. The summed E-state index contributed by atoms with van der Waals surface area (Å²) in [5.41, 5.74) is 0. The Labute approximate surface area is 104 Å². The minimum absolute atomic E-state index is 0.0816. The first kappa shape index (κ1) is 14.2. The average Bonchev–Trinajstić information content (AvgIpc) is 2.27. The fourth-order valence-corrected chi connectivity index (χ4v) is 2.09. The van der Waals surface area contributed by atoms with Gasteiger partial charge in [0.15, 0.2) is 0 Å². The van der Waals surface area contributed by atoms with E-state index in [4.69, 9.17) is 0 Å². The average molecular weight is 240 g/mol. The molecule has 1 fully saturated rings. The van der Waals surface area contributed by atoms with Gasteiger partial charge in [-0.15, -0.1) is 0 Å². The number of rotatable bonds is 5. The maximum atomic E-state index is 11.6. The van der Waals surface area contributed by atoms with Crippen LogP contribution in [0.5, 0.6) is 0 Å². The van der Waals surface area contributed by atoms with Crippen molar-refractivity contribution in [3.8, 4) is 0 Å². The van der Waals surface area contributed by atoms with Crippen LogP contribution in [0.2, 0.25) is 0 Å². The fraction of sp³-hybridized carbons (Fsp3) is 0.846. The molecule has 0 aliphatic heterocycles. The van der Waals surface area contributed by atoms with Gasteiger partial charge >= 0.3 is 0 Å². The van der Waals surface area contributed by atoms with E-state index in [1.165, 1.54) is 0 Å². The summed E-state index contributed by atoms with van der Waals surface area (Å²) in [6, 6.07) is 0.387. The normalized spacial score (nSPS) is 17.8. The number of carbonyl (C=O) groups is 2. The van der Waals surface area contributed by atoms with Crippen molar-refractivity contribution in [2.45, 2.75) is 45.6 Å². The highest BCUT2D eigenvalue weighted by molar-refractivity contribution is 5.79. The second kappa shape index (κ2) is 6.74.